The predicted octanol–water partition coefficient (Wildman–Crippen LogP) is 4.95. The average molecular weight is 284 g/mol. The van der Waals surface area contributed by atoms with Crippen molar-refractivity contribution in [1.29, 1.82) is 0 Å². The van der Waals surface area contributed by atoms with Crippen molar-refractivity contribution in [3.8, 4) is 5.75 Å². The van der Waals surface area contributed by atoms with Crippen molar-refractivity contribution in [3.05, 3.63) is 42.0 Å². The van der Waals surface area contributed by atoms with Crippen LogP contribution in [0.2, 0.25) is 13.1 Å². The molecule has 0 aliphatic heterocycles. The van der Waals surface area contributed by atoms with Crippen LogP contribution >= 0.6 is 23.2 Å². The van der Waals surface area contributed by atoms with Crippen LogP contribution in [-0.2, 0) is 0 Å². The summed E-state index contributed by atoms with van der Waals surface area (Å²) >= 11 is 12.1. The van der Waals surface area contributed by atoms with Crippen LogP contribution in [0.4, 0.5) is 0 Å². The number of hydrogen-bond acceptors (Lipinski definition) is 1. The molecule has 0 aliphatic carbocycles. The number of hydrogen-bond donors (Lipinski definition) is 0. The van der Waals surface area contributed by atoms with Crippen LogP contribution in [-0.4, -0.2) is 9.04 Å². The minimum atomic E-state index is -0.827. The van der Waals surface area contributed by atoms with Gasteiger partial charge in [-0.1, -0.05) is 53.5 Å². The van der Waals surface area contributed by atoms with E-state index in [9.17, 15) is 0 Å². The van der Waals surface area contributed by atoms with Gasteiger partial charge in [-0.15, -0.1) is 0 Å². The lowest BCUT2D eigenvalue weighted by Crippen LogP contribution is -2.12. The summed E-state index contributed by atoms with van der Waals surface area (Å²) in [4.78, 5) is -0.572. The van der Waals surface area contributed by atoms with E-state index >= 15 is 0 Å². The lowest BCUT2D eigenvalue weighted by atomic mass is 10.0. The van der Waals surface area contributed by atoms with Crippen LogP contribution in [0.15, 0.2) is 36.4 Å². The normalized spacial score (nSPS) is 11.4. The molecule has 89 valence electrons. The Hall–Kier alpha value is -0.703. The summed E-state index contributed by atoms with van der Waals surface area (Å²) < 4.78 is 5.85. The summed E-state index contributed by atoms with van der Waals surface area (Å²) in [7, 11) is -0.827. The Morgan fingerprint density at radius 2 is 1.76 bits per heavy atom. The Kier molecular flexibility index (Phi) is 3.97. The Balaban J connectivity index is 2.64. The van der Waals surface area contributed by atoms with Gasteiger partial charge in [0.15, 0.2) is 0 Å². The predicted molar refractivity (Wildman–Crippen MR) is 76.5 cm³/mol. The summed E-state index contributed by atoms with van der Waals surface area (Å²) in [5.74, 6) is 0.803. The Labute approximate surface area is 113 Å². The van der Waals surface area contributed by atoms with E-state index < -0.39 is 13.9 Å². The largest absolute Gasteiger partial charge is 0.542 e. The van der Waals surface area contributed by atoms with Gasteiger partial charge in [0.05, 0.1) is 0 Å². The van der Waals surface area contributed by atoms with E-state index in [2.05, 4.69) is 13.1 Å². The minimum Gasteiger partial charge on any atom is -0.542 e. The molecule has 0 amide bonds. The van der Waals surface area contributed by atoms with Gasteiger partial charge >= 0.3 is 0 Å². The standard InChI is InChI=1S/C13H13Cl2OSi/c1-17(2)16-11-8-7-9-5-3-4-6-10(9)12(11)13(14)15/h3-8,13H,1-2H3. The Bertz CT molecular complexity index is 526. The quantitative estimate of drug-likeness (QED) is 0.572. The van der Waals surface area contributed by atoms with E-state index in [0.29, 0.717) is 0 Å². The maximum absolute atomic E-state index is 6.07. The Morgan fingerprint density at radius 1 is 1.06 bits per heavy atom. The molecule has 0 aromatic heterocycles. The molecule has 2 aromatic rings. The van der Waals surface area contributed by atoms with Gasteiger partial charge in [-0.2, -0.15) is 0 Å². The second-order valence-electron chi connectivity index (χ2n) is 4.01. The summed E-state index contributed by atoms with van der Waals surface area (Å²) in [6.45, 7) is 4.17. The number of halogens is 2. The third kappa shape index (κ3) is 2.76. The highest BCUT2D eigenvalue weighted by atomic mass is 35.5. The smallest absolute Gasteiger partial charge is 0.274 e. The monoisotopic (exact) mass is 283 g/mol. The maximum Gasteiger partial charge on any atom is 0.274 e. The highest BCUT2D eigenvalue weighted by molar-refractivity contribution is 6.49. The van der Waals surface area contributed by atoms with E-state index in [0.717, 1.165) is 22.1 Å². The zero-order valence-electron chi connectivity index (χ0n) is 9.71. The molecule has 0 saturated carbocycles. The van der Waals surface area contributed by atoms with E-state index in [1.165, 1.54) is 0 Å². The maximum atomic E-state index is 6.07. The molecule has 0 unspecified atom stereocenters. The van der Waals surface area contributed by atoms with E-state index in [-0.39, 0.29) is 0 Å². The van der Waals surface area contributed by atoms with Crippen LogP contribution in [0.3, 0.4) is 0 Å². The number of fused-ring (bicyclic) bond motifs is 1. The minimum absolute atomic E-state index is 0.572. The van der Waals surface area contributed by atoms with Crippen LogP contribution in [0.1, 0.15) is 10.4 Å². The van der Waals surface area contributed by atoms with Crippen molar-refractivity contribution in [3.63, 3.8) is 0 Å². The number of rotatable bonds is 3. The molecule has 1 nitrogen and oxygen atoms in total. The molecule has 0 atom stereocenters. The summed E-state index contributed by atoms with van der Waals surface area (Å²) in [5.41, 5.74) is 0.873. The number of benzene rings is 2. The highest BCUT2D eigenvalue weighted by Gasteiger charge is 2.16. The van der Waals surface area contributed by atoms with Gasteiger partial charge in [0.25, 0.3) is 9.04 Å². The van der Waals surface area contributed by atoms with E-state index in [4.69, 9.17) is 27.6 Å². The summed E-state index contributed by atoms with van der Waals surface area (Å²) in [6, 6.07) is 12.0. The molecule has 0 heterocycles. The average Bonchev–Trinajstić information content (AvgIpc) is 2.27. The molecular weight excluding hydrogens is 271 g/mol. The van der Waals surface area contributed by atoms with Crippen molar-refractivity contribution >= 4 is 43.0 Å². The molecule has 0 spiro atoms. The van der Waals surface area contributed by atoms with Crippen molar-refractivity contribution in [2.75, 3.05) is 0 Å². The second-order valence-corrected chi connectivity index (χ2v) is 7.13. The SMILES string of the molecule is C[Si](C)Oc1ccc2ccccc2c1C(Cl)Cl. The van der Waals surface area contributed by atoms with Crippen LogP contribution < -0.4 is 4.43 Å². The molecule has 17 heavy (non-hydrogen) atoms. The van der Waals surface area contributed by atoms with Gasteiger partial charge in [-0.05, 0) is 29.9 Å². The molecule has 0 fully saturated rings. The van der Waals surface area contributed by atoms with Gasteiger partial charge in [0.2, 0.25) is 0 Å². The van der Waals surface area contributed by atoms with Crippen molar-refractivity contribution in [1.82, 2.24) is 0 Å². The van der Waals surface area contributed by atoms with Gasteiger partial charge in [0, 0.05) is 5.56 Å². The first kappa shape index (κ1) is 12.7. The lowest BCUT2D eigenvalue weighted by Gasteiger charge is -2.16. The summed E-state index contributed by atoms with van der Waals surface area (Å²) in [5, 5.41) is 2.19. The Morgan fingerprint density at radius 3 is 2.41 bits per heavy atom. The van der Waals surface area contributed by atoms with Gasteiger partial charge in [-0.25, -0.2) is 0 Å². The fourth-order valence-electron chi connectivity index (χ4n) is 1.81. The molecule has 4 heteroatoms. The zero-order chi connectivity index (χ0) is 12.4. The van der Waals surface area contributed by atoms with Crippen molar-refractivity contribution in [2.45, 2.75) is 17.9 Å². The fraction of sp³-hybridized carbons (Fsp3) is 0.231. The van der Waals surface area contributed by atoms with Crippen LogP contribution in [0, 0.1) is 0 Å². The molecule has 2 rings (SSSR count). The van der Waals surface area contributed by atoms with Gasteiger partial charge < -0.3 is 4.43 Å². The lowest BCUT2D eigenvalue weighted by molar-refractivity contribution is 0.575. The molecule has 0 bridgehead atoms. The summed E-state index contributed by atoms with van der Waals surface area (Å²) in [6.07, 6.45) is 0. The second kappa shape index (κ2) is 5.30. The molecule has 1 radical (unpaired) electrons. The third-order valence-electron chi connectivity index (χ3n) is 2.46. The molecule has 0 saturated heterocycles. The molecule has 0 aliphatic rings. The van der Waals surface area contributed by atoms with E-state index in [1.54, 1.807) is 0 Å². The fourth-order valence-corrected chi connectivity index (χ4v) is 2.88. The first-order valence-corrected chi connectivity index (χ1v) is 8.65. The van der Waals surface area contributed by atoms with Crippen molar-refractivity contribution in [2.24, 2.45) is 0 Å². The van der Waals surface area contributed by atoms with Crippen LogP contribution in [0.25, 0.3) is 10.8 Å². The van der Waals surface area contributed by atoms with E-state index in [1.807, 2.05) is 36.4 Å². The highest BCUT2D eigenvalue weighted by Crippen LogP contribution is 2.38. The van der Waals surface area contributed by atoms with Crippen molar-refractivity contribution < 1.29 is 4.43 Å². The topological polar surface area (TPSA) is 9.23 Å². The molecule has 0 N–H and O–H groups in total. The third-order valence-corrected chi connectivity index (χ3v) is 3.53. The molecule has 2 aromatic carbocycles. The molecular formula is C13H13Cl2OSi. The zero-order valence-corrected chi connectivity index (χ0v) is 12.2. The first-order valence-electron chi connectivity index (χ1n) is 5.37. The van der Waals surface area contributed by atoms with Gasteiger partial charge in [0.1, 0.15) is 10.6 Å². The number of alkyl halides is 2. The van der Waals surface area contributed by atoms with Crippen LogP contribution in [0.5, 0.6) is 5.75 Å². The first-order chi connectivity index (χ1) is 8.09. The van der Waals surface area contributed by atoms with Gasteiger partial charge in [-0.3, -0.25) is 0 Å².